The van der Waals surface area contributed by atoms with Gasteiger partial charge in [-0.1, -0.05) is 58.8 Å². The Morgan fingerprint density at radius 3 is 2.46 bits per heavy atom. The molecule has 5 N–H and O–H groups in total. The zero-order chi connectivity index (χ0) is 30.7. The third-order valence-electron chi connectivity index (χ3n) is 7.81. The van der Waals surface area contributed by atoms with Crippen molar-refractivity contribution in [2.45, 2.75) is 110 Å². The van der Waals surface area contributed by atoms with Crippen molar-refractivity contribution in [3.8, 4) is 0 Å². The number of ether oxygens (including phenoxy) is 1. The number of aliphatic hydroxyl groups is 1. The summed E-state index contributed by atoms with van der Waals surface area (Å²) in [5.41, 5.74) is 5.93. The third-order valence-corrected chi connectivity index (χ3v) is 7.81. The fourth-order valence-corrected chi connectivity index (χ4v) is 5.07. The number of aliphatic hydroxyl groups excluding tert-OH is 1. The van der Waals surface area contributed by atoms with E-state index in [1.54, 1.807) is 6.92 Å². The quantitative estimate of drug-likeness (QED) is 0.202. The summed E-state index contributed by atoms with van der Waals surface area (Å²) in [6.45, 7) is 10.1. The van der Waals surface area contributed by atoms with Crippen molar-refractivity contribution in [3.63, 3.8) is 0 Å². The van der Waals surface area contributed by atoms with Crippen LogP contribution in [0, 0.1) is 11.8 Å². The van der Waals surface area contributed by atoms with Gasteiger partial charge >= 0.3 is 0 Å². The highest BCUT2D eigenvalue weighted by Gasteiger charge is 2.40. The van der Waals surface area contributed by atoms with Crippen LogP contribution in [-0.4, -0.2) is 82.9 Å². The fourth-order valence-electron chi connectivity index (χ4n) is 5.07. The predicted octanol–water partition coefficient (Wildman–Crippen LogP) is 1.53. The summed E-state index contributed by atoms with van der Waals surface area (Å²) in [6.07, 6.45) is 8.15. The van der Waals surface area contributed by atoms with Crippen molar-refractivity contribution in [2.24, 2.45) is 17.6 Å². The number of hydrogen-bond donors (Lipinski definition) is 4. The lowest BCUT2D eigenvalue weighted by molar-refractivity contribution is -0.143. The number of allylic oxidation sites excluding steroid dienone is 1. The minimum atomic E-state index is -1.11. The Labute approximate surface area is 243 Å². The topological polar surface area (TPSA) is 168 Å². The molecule has 4 unspecified atom stereocenters. The first kappa shape index (κ1) is 34.2. The first-order chi connectivity index (χ1) is 19.4. The Hall–Kier alpha value is -3.05. The Bertz CT molecular complexity index is 1010. The summed E-state index contributed by atoms with van der Waals surface area (Å²) in [4.78, 5) is 65.1. The van der Waals surface area contributed by atoms with Crippen molar-refractivity contribution in [1.29, 1.82) is 0 Å². The third kappa shape index (κ3) is 10.1. The Balaban J connectivity index is 2.10. The number of rotatable bonds is 16. The van der Waals surface area contributed by atoms with Gasteiger partial charge in [0.1, 0.15) is 12.1 Å². The molecule has 1 fully saturated rings. The number of ketones is 1. The number of amides is 4. The number of carbonyl (C=O) groups excluding carboxylic acids is 5. The van der Waals surface area contributed by atoms with Gasteiger partial charge in [-0.05, 0) is 44.1 Å². The van der Waals surface area contributed by atoms with E-state index >= 15 is 0 Å². The van der Waals surface area contributed by atoms with Crippen LogP contribution in [0.2, 0.25) is 0 Å². The second-order valence-corrected chi connectivity index (χ2v) is 11.3. The lowest BCUT2D eigenvalue weighted by atomic mass is 9.93. The molecule has 1 saturated heterocycles. The highest BCUT2D eigenvalue weighted by Crippen LogP contribution is 2.24. The molecule has 0 radical (unpaired) electrons. The summed E-state index contributed by atoms with van der Waals surface area (Å²) < 4.78 is 5.90. The van der Waals surface area contributed by atoms with Crippen LogP contribution in [0.4, 0.5) is 0 Å². The number of nitrogens with one attached hydrogen (secondary N) is 2. The maximum atomic E-state index is 13.7. The minimum absolute atomic E-state index is 0.0670. The molecule has 7 atom stereocenters. The number of nitrogens with two attached hydrogens (primary N) is 1. The van der Waals surface area contributed by atoms with Crippen LogP contribution in [0.1, 0.15) is 79.6 Å². The average Bonchev–Trinajstić information content (AvgIpc) is 3.42. The Kier molecular flexibility index (Phi) is 13.7. The molecule has 0 aromatic heterocycles. The van der Waals surface area contributed by atoms with E-state index in [2.05, 4.69) is 10.6 Å². The molecule has 0 aromatic rings. The summed E-state index contributed by atoms with van der Waals surface area (Å²) in [7, 11) is 0. The first-order valence-corrected chi connectivity index (χ1v) is 14.8. The molecule has 2 rings (SSSR count). The number of Topliss-reactive ketones (excluding diaryl/α,β-unsaturated/α-hetero) is 1. The van der Waals surface area contributed by atoms with Gasteiger partial charge in [0.15, 0.2) is 0 Å². The molecule has 1 heterocycles. The lowest BCUT2D eigenvalue weighted by Crippen LogP contribution is -2.57. The van der Waals surface area contributed by atoms with Gasteiger partial charge in [-0.3, -0.25) is 24.0 Å². The maximum absolute atomic E-state index is 13.7. The molecule has 11 nitrogen and oxygen atoms in total. The minimum Gasteiger partial charge on any atom is -0.393 e. The SMILES string of the molecule is CCCC(NC(=O)[C@@H]1CCCN1C(=O)[C@@H](NC(=O)CC1=CC(OCC[C@@H](C)O)C(C)C=C1)C(C)CC)C(=O)C(N)=O. The summed E-state index contributed by atoms with van der Waals surface area (Å²) in [6, 6.07) is -2.67. The van der Waals surface area contributed by atoms with E-state index in [-0.39, 0.29) is 42.6 Å². The highest BCUT2D eigenvalue weighted by molar-refractivity contribution is 6.37. The van der Waals surface area contributed by atoms with Crippen LogP contribution < -0.4 is 16.4 Å². The van der Waals surface area contributed by atoms with Crippen LogP contribution in [0.25, 0.3) is 0 Å². The van der Waals surface area contributed by atoms with Gasteiger partial charge < -0.3 is 31.1 Å². The number of primary amides is 1. The van der Waals surface area contributed by atoms with Gasteiger partial charge in [-0.25, -0.2) is 0 Å². The number of nitrogens with zero attached hydrogens (tertiary/aromatic N) is 1. The summed E-state index contributed by atoms with van der Waals surface area (Å²) in [5, 5.41) is 15.0. The summed E-state index contributed by atoms with van der Waals surface area (Å²) in [5.74, 6) is -3.21. The van der Waals surface area contributed by atoms with Crippen molar-refractivity contribution < 1.29 is 33.8 Å². The van der Waals surface area contributed by atoms with Gasteiger partial charge in [0.25, 0.3) is 5.91 Å². The van der Waals surface area contributed by atoms with Crippen molar-refractivity contribution in [3.05, 3.63) is 23.8 Å². The highest BCUT2D eigenvalue weighted by atomic mass is 16.5. The van der Waals surface area contributed by atoms with Crippen LogP contribution in [0.15, 0.2) is 23.8 Å². The molecule has 2 aliphatic rings. The molecule has 0 bridgehead atoms. The maximum Gasteiger partial charge on any atom is 0.287 e. The molecule has 4 amide bonds. The van der Waals surface area contributed by atoms with Crippen molar-refractivity contribution in [2.75, 3.05) is 13.2 Å². The summed E-state index contributed by atoms with van der Waals surface area (Å²) >= 11 is 0. The predicted molar refractivity (Wildman–Crippen MR) is 154 cm³/mol. The van der Waals surface area contributed by atoms with E-state index in [1.165, 1.54) is 4.90 Å². The molecule has 0 spiro atoms. The first-order valence-electron chi connectivity index (χ1n) is 14.8. The monoisotopic (exact) mass is 576 g/mol. The van der Waals surface area contributed by atoms with Gasteiger partial charge in [0.2, 0.25) is 23.5 Å². The standard InChI is InChI=1S/C30H48N4O7/c1-6-9-22(27(37)28(31)38)32-29(39)23-10-8-14-34(23)30(40)26(18(3)7-2)33-25(36)17-21-12-11-19(4)24(16-21)41-15-13-20(5)35/h11-12,16,18-20,22-24,26,35H,6-10,13-15,17H2,1-5H3,(H2,31,38)(H,32,39)(H,33,36)/t18?,19?,20-,22?,23+,24?,26+/m1/s1. The number of carbonyl (C=O) groups is 5. The van der Waals surface area contributed by atoms with Gasteiger partial charge in [0, 0.05) is 19.1 Å². The van der Waals surface area contributed by atoms with Gasteiger partial charge in [-0.15, -0.1) is 0 Å². The van der Waals surface area contributed by atoms with Gasteiger partial charge in [0.05, 0.1) is 24.7 Å². The zero-order valence-corrected chi connectivity index (χ0v) is 25.1. The number of hydrogen-bond acceptors (Lipinski definition) is 7. The van der Waals surface area contributed by atoms with Gasteiger partial charge in [-0.2, -0.15) is 0 Å². The van der Waals surface area contributed by atoms with Crippen LogP contribution in [-0.2, 0) is 28.7 Å². The molecule has 230 valence electrons. The number of likely N-dealkylation sites (tertiary alicyclic amines) is 1. The van der Waals surface area contributed by atoms with E-state index in [0.29, 0.717) is 45.3 Å². The second kappa shape index (κ2) is 16.4. The van der Waals surface area contributed by atoms with E-state index in [9.17, 15) is 29.1 Å². The molecule has 1 aliphatic carbocycles. The van der Waals surface area contributed by atoms with Crippen LogP contribution >= 0.6 is 0 Å². The average molecular weight is 577 g/mol. The molecule has 1 aliphatic heterocycles. The van der Waals surface area contributed by atoms with Crippen molar-refractivity contribution in [1.82, 2.24) is 15.5 Å². The Morgan fingerprint density at radius 2 is 1.85 bits per heavy atom. The lowest BCUT2D eigenvalue weighted by Gasteiger charge is -2.32. The zero-order valence-electron chi connectivity index (χ0n) is 25.1. The molecular weight excluding hydrogens is 528 g/mol. The van der Waals surface area contributed by atoms with Crippen molar-refractivity contribution >= 4 is 29.4 Å². The molecule has 11 heteroatoms. The van der Waals surface area contributed by atoms with Crippen LogP contribution in [0.3, 0.4) is 0 Å². The van der Waals surface area contributed by atoms with E-state index < -0.39 is 41.8 Å². The smallest absolute Gasteiger partial charge is 0.287 e. The molecule has 0 aromatic carbocycles. The van der Waals surface area contributed by atoms with E-state index in [1.807, 2.05) is 45.9 Å². The molecule has 41 heavy (non-hydrogen) atoms. The second-order valence-electron chi connectivity index (χ2n) is 11.3. The van der Waals surface area contributed by atoms with Crippen LogP contribution in [0.5, 0.6) is 0 Å². The normalized spacial score (nSPS) is 23.2. The van der Waals surface area contributed by atoms with E-state index in [0.717, 1.165) is 5.57 Å². The Morgan fingerprint density at radius 1 is 1.15 bits per heavy atom. The molecule has 0 saturated carbocycles. The van der Waals surface area contributed by atoms with E-state index in [4.69, 9.17) is 10.5 Å². The largest absolute Gasteiger partial charge is 0.393 e. The fraction of sp³-hybridized carbons (Fsp3) is 0.700. The molecular formula is C30H48N4O7.